The second kappa shape index (κ2) is 6.58. The van der Waals surface area contributed by atoms with Crippen LogP contribution in [-0.2, 0) is 19.9 Å². The second-order valence-electron chi connectivity index (χ2n) is 9.79. The third-order valence-electron chi connectivity index (χ3n) is 6.08. The zero-order chi connectivity index (χ0) is 20.2. The average Bonchev–Trinajstić information content (AvgIpc) is 2.97. The topological polar surface area (TPSA) is 3.88 Å². The van der Waals surface area contributed by atoms with Crippen LogP contribution in [-0.4, -0.2) is 0 Å². The molecule has 0 fully saturated rings. The van der Waals surface area contributed by atoms with Crippen molar-refractivity contribution in [2.75, 3.05) is 0 Å². The van der Waals surface area contributed by atoms with E-state index >= 15 is 0 Å². The molecule has 0 saturated heterocycles. The molecule has 1 heterocycles. The molecule has 1 heteroatoms. The number of nitrogens with zero attached hydrogens (tertiary/aromatic N) is 1. The lowest BCUT2D eigenvalue weighted by molar-refractivity contribution is -0.660. The first kappa shape index (κ1) is 18.9. The van der Waals surface area contributed by atoms with Crippen LogP contribution in [0.15, 0.2) is 42.6 Å². The Kier molecular flexibility index (Phi) is 4.45. The Bertz CT molecular complexity index is 1080. The Morgan fingerprint density at radius 3 is 2.32 bits per heavy atom. The van der Waals surface area contributed by atoms with Gasteiger partial charge in [-0.2, -0.15) is 0 Å². The quantitative estimate of drug-likeness (QED) is 0.366. The Hall–Kier alpha value is -2.41. The summed E-state index contributed by atoms with van der Waals surface area (Å²) < 4.78 is 2.30. The lowest BCUT2D eigenvalue weighted by Gasteiger charge is -2.23. The van der Waals surface area contributed by atoms with Crippen molar-refractivity contribution in [3.8, 4) is 22.4 Å². The van der Waals surface area contributed by atoms with Crippen LogP contribution in [0.1, 0.15) is 54.2 Å². The standard InChI is InChI=1S/C27H32N/c1-17-13-24(28(7)16-19(17)3)25-18(2)12-21(15-27(4,5)6)26-22-11-9-8-10-20(22)14-23(25)26/h8-13,16H,14-15H2,1-7H3/q+1. The van der Waals surface area contributed by atoms with Crippen LogP contribution in [0.4, 0.5) is 0 Å². The zero-order valence-electron chi connectivity index (χ0n) is 18.4. The van der Waals surface area contributed by atoms with Gasteiger partial charge in [0.05, 0.1) is 5.56 Å². The fourth-order valence-electron chi connectivity index (χ4n) is 4.78. The van der Waals surface area contributed by atoms with Crippen molar-refractivity contribution in [3.05, 3.63) is 76.0 Å². The van der Waals surface area contributed by atoms with Gasteiger partial charge in [0.1, 0.15) is 7.05 Å². The van der Waals surface area contributed by atoms with Crippen molar-refractivity contribution in [2.45, 2.75) is 54.4 Å². The van der Waals surface area contributed by atoms with Gasteiger partial charge in [0, 0.05) is 11.6 Å². The molecule has 3 aromatic rings. The van der Waals surface area contributed by atoms with Crippen LogP contribution in [0.3, 0.4) is 0 Å². The maximum Gasteiger partial charge on any atom is 0.213 e. The van der Waals surface area contributed by atoms with Crippen molar-refractivity contribution < 1.29 is 4.57 Å². The maximum atomic E-state index is 2.46. The van der Waals surface area contributed by atoms with Crippen LogP contribution in [0.5, 0.6) is 0 Å². The number of aromatic nitrogens is 1. The molecule has 0 saturated carbocycles. The fourth-order valence-corrected chi connectivity index (χ4v) is 4.78. The molecule has 0 amide bonds. The van der Waals surface area contributed by atoms with E-state index in [1.807, 2.05) is 0 Å². The van der Waals surface area contributed by atoms with Crippen molar-refractivity contribution in [1.82, 2.24) is 0 Å². The number of benzene rings is 2. The predicted octanol–water partition coefficient (Wildman–Crippen LogP) is 6.26. The Balaban J connectivity index is 2.03. The zero-order valence-corrected chi connectivity index (χ0v) is 18.4. The van der Waals surface area contributed by atoms with Crippen LogP contribution in [0.2, 0.25) is 0 Å². The fraction of sp³-hybridized carbons (Fsp3) is 0.370. The summed E-state index contributed by atoms with van der Waals surface area (Å²) in [6.45, 7) is 13.7. The van der Waals surface area contributed by atoms with E-state index in [-0.39, 0.29) is 5.41 Å². The number of aryl methyl sites for hydroxylation is 4. The highest BCUT2D eigenvalue weighted by molar-refractivity contribution is 5.87. The van der Waals surface area contributed by atoms with Crippen molar-refractivity contribution in [1.29, 1.82) is 0 Å². The number of hydrogen-bond donors (Lipinski definition) is 0. The van der Waals surface area contributed by atoms with Gasteiger partial charge in [-0.1, -0.05) is 51.1 Å². The van der Waals surface area contributed by atoms with Crippen molar-refractivity contribution >= 4 is 0 Å². The third kappa shape index (κ3) is 3.17. The second-order valence-corrected chi connectivity index (χ2v) is 9.79. The monoisotopic (exact) mass is 370 g/mol. The summed E-state index contributed by atoms with van der Waals surface area (Å²) in [5.74, 6) is 0. The molecule has 2 aromatic carbocycles. The lowest BCUT2D eigenvalue weighted by atomic mass is 9.82. The number of rotatable bonds is 2. The van der Waals surface area contributed by atoms with Crippen molar-refractivity contribution in [3.63, 3.8) is 0 Å². The van der Waals surface area contributed by atoms with E-state index in [9.17, 15) is 0 Å². The van der Waals surface area contributed by atoms with Gasteiger partial charge in [-0.05, 0) is 78.0 Å². The minimum atomic E-state index is 0.268. The summed E-state index contributed by atoms with van der Waals surface area (Å²) in [5.41, 5.74) is 14.5. The van der Waals surface area contributed by atoms with Crippen molar-refractivity contribution in [2.24, 2.45) is 12.5 Å². The first-order chi connectivity index (χ1) is 13.2. The molecule has 0 spiro atoms. The third-order valence-corrected chi connectivity index (χ3v) is 6.08. The van der Waals surface area contributed by atoms with Crippen LogP contribution < -0.4 is 4.57 Å². The Labute approximate surface area is 170 Å². The molecule has 0 N–H and O–H groups in total. The number of hydrogen-bond acceptors (Lipinski definition) is 0. The molecule has 0 atom stereocenters. The van der Waals surface area contributed by atoms with E-state index in [1.54, 1.807) is 0 Å². The van der Waals surface area contributed by atoms with Gasteiger partial charge < -0.3 is 0 Å². The predicted molar refractivity (Wildman–Crippen MR) is 119 cm³/mol. The first-order valence-corrected chi connectivity index (χ1v) is 10.4. The van der Waals surface area contributed by atoms with Gasteiger partial charge in [0.2, 0.25) is 5.69 Å². The smallest absolute Gasteiger partial charge is 0.201 e. The maximum absolute atomic E-state index is 2.46. The molecule has 144 valence electrons. The summed E-state index contributed by atoms with van der Waals surface area (Å²) in [6.07, 6.45) is 4.40. The molecule has 1 nitrogen and oxygen atoms in total. The molecule has 0 aliphatic heterocycles. The van der Waals surface area contributed by atoms with E-state index < -0.39 is 0 Å². The van der Waals surface area contributed by atoms with E-state index in [2.05, 4.69) is 95.8 Å². The highest BCUT2D eigenvalue weighted by atomic mass is 14.9. The molecular formula is C27H32N+. The van der Waals surface area contributed by atoms with E-state index in [0.717, 1.165) is 12.8 Å². The average molecular weight is 371 g/mol. The van der Waals surface area contributed by atoms with Gasteiger partial charge in [-0.15, -0.1) is 0 Å². The number of fused-ring (bicyclic) bond motifs is 3. The summed E-state index contributed by atoms with van der Waals surface area (Å²) >= 11 is 0. The molecule has 0 bridgehead atoms. The van der Waals surface area contributed by atoms with E-state index in [1.165, 1.54) is 55.8 Å². The summed E-state index contributed by atoms with van der Waals surface area (Å²) in [5, 5.41) is 0. The van der Waals surface area contributed by atoms with Gasteiger partial charge in [-0.25, -0.2) is 4.57 Å². The SMILES string of the molecule is Cc1cc(-c2c(C)cc(CC(C)(C)C)c3c2Cc2ccccc2-3)[n+](C)cc1C. The molecule has 1 aliphatic carbocycles. The van der Waals surface area contributed by atoms with Gasteiger partial charge in [0.25, 0.3) is 0 Å². The summed E-state index contributed by atoms with van der Waals surface area (Å²) in [4.78, 5) is 0. The highest BCUT2D eigenvalue weighted by Gasteiger charge is 2.30. The number of pyridine rings is 1. The van der Waals surface area contributed by atoms with Gasteiger partial charge >= 0.3 is 0 Å². The first-order valence-electron chi connectivity index (χ1n) is 10.4. The Morgan fingerprint density at radius 2 is 1.61 bits per heavy atom. The largest absolute Gasteiger partial charge is 0.213 e. The van der Waals surface area contributed by atoms with Gasteiger partial charge in [0.15, 0.2) is 6.20 Å². The molecule has 4 rings (SSSR count). The molecule has 1 aliphatic rings. The van der Waals surface area contributed by atoms with E-state index in [0.29, 0.717) is 0 Å². The van der Waals surface area contributed by atoms with E-state index in [4.69, 9.17) is 0 Å². The minimum absolute atomic E-state index is 0.268. The summed E-state index contributed by atoms with van der Waals surface area (Å²) in [6, 6.07) is 13.8. The van der Waals surface area contributed by atoms with Crippen LogP contribution in [0, 0.1) is 26.2 Å². The van der Waals surface area contributed by atoms with Crippen LogP contribution >= 0.6 is 0 Å². The van der Waals surface area contributed by atoms with Crippen LogP contribution in [0.25, 0.3) is 22.4 Å². The molecule has 28 heavy (non-hydrogen) atoms. The normalized spacial score (nSPS) is 12.8. The Morgan fingerprint density at radius 1 is 0.893 bits per heavy atom. The van der Waals surface area contributed by atoms with Gasteiger partial charge in [-0.3, -0.25) is 0 Å². The summed E-state index contributed by atoms with van der Waals surface area (Å²) in [7, 11) is 2.18. The lowest BCUT2D eigenvalue weighted by Crippen LogP contribution is -2.32. The minimum Gasteiger partial charge on any atom is -0.201 e. The molecular weight excluding hydrogens is 338 g/mol. The molecule has 0 unspecified atom stereocenters. The molecule has 0 radical (unpaired) electrons. The molecule has 1 aromatic heterocycles. The highest BCUT2D eigenvalue weighted by Crippen LogP contribution is 2.46.